The molecular weight excluding hydrogens is 246 g/mol. The first-order chi connectivity index (χ1) is 9.74. The zero-order valence-corrected chi connectivity index (χ0v) is 12.1. The van der Waals surface area contributed by atoms with E-state index >= 15 is 0 Å². The number of hydrogen-bond donors (Lipinski definition) is 1. The minimum absolute atomic E-state index is 0.384. The second-order valence-corrected chi connectivity index (χ2v) is 6.31. The van der Waals surface area contributed by atoms with Gasteiger partial charge in [-0.1, -0.05) is 31.2 Å². The van der Waals surface area contributed by atoms with Crippen molar-refractivity contribution in [2.24, 2.45) is 5.92 Å². The Kier molecular flexibility index (Phi) is 2.62. The van der Waals surface area contributed by atoms with Gasteiger partial charge in [-0.25, -0.2) is 4.68 Å². The predicted octanol–water partition coefficient (Wildman–Crippen LogP) is 3.72. The van der Waals surface area contributed by atoms with Crippen LogP contribution in [0.5, 0.6) is 0 Å². The van der Waals surface area contributed by atoms with E-state index in [-0.39, 0.29) is 0 Å². The molecule has 1 aromatic heterocycles. The highest BCUT2D eigenvalue weighted by molar-refractivity contribution is 5.44. The van der Waals surface area contributed by atoms with Crippen LogP contribution in [0.25, 0.3) is 0 Å². The summed E-state index contributed by atoms with van der Waals surface area (Å²) in [5.74, 6) is 2.69. The van der Waals surface area contributed by atoms with Crippen molar-refractivity contribution in [1.29, 1.82) is 0 Å². The van der Waals surface area contributed by atoms with Gasteiger partial charge in [0.05, 0.1) is 11.7 Å². The third-order valence-corrected chi connectivity index (χ3v) is 4.81. The van der Waals surface area contributed by atoms with E-state index in [0.717, 1.165) is 18.9 Å². The maximum absolute atomic E-state index is 4.92. The number of benzene rings is 1. The summed E-state index contributed by atoms with van der Waals surface area (Å²) in [6.45, 7) is 5.55. The normalized spacial score (nSPS) is 27.8. The summed E-state index contributed by atoms with van der Waals surface area (Å²) < 4.78 is 2.21. The number of hydrogen-bond acceptors (Lipinski definition) is 2. The summed E-state index contributed by atoms with van der Waals surface area (Å²) in [5, 5.41) is 8.42. The first kappa shape index (κ1) is 12.0. The fourth-order valence-corrected chi connectivity index (χ4v) is 3.41. The molecule has 0 saturated heterocycles. The van der Waals surface area contributed by atoms with Crippen LogP contribution in [0.2, 0.25) is 0 Å². The molecule has 0 amide bonds. The Labute approximate surface area is 120 Å². The summed E-state index contributed by atoms with van der Waals surface area (Å²) in [4.78, 5) is 0. The molecule has 0 bridgehead atoms. The summed E-state index contributed by atoms with van der Waals surface area (Å²) in [6.07, 6.45) is 2.41. The Morgan fingerprint density at radius 3 is 2.85 bits per heavy atom. The SMILES string of the molecule is Cc1ccccc1C1CCNc2cc(C3CC3C)nn21. The largest absolute Gasteiger partial charge is 0.370 e. The molecule has 1 saturated carbocycles. The highest BCUT2D eigenvalue weighted by Crippen LogP contribution is 2.47. The van der Waals surface area contributed by atoms with Crippen LogP contribution in [0.4, 0.5) is 5.82 Å². The van der Waals surface area contributed by atoms with Gasteiger partial charge in [0, 0.05) is 18.5 Å². The molecule has 1 N–H and O–H groups in total. The van der Waals surface area contributed by atoms with Crippen LogP contribution in [-0.2, 0) is 0 Å². The molecule has 3 heteroatoms. The minimum Gasteiger partial charge on any atom is -0.370 e. The molecule has 4 rings (SSSR count). The summed E-state index contributed by atoms with van der Waals surface area (Å²) in [6, 6.07) is 11.3. The molecule has 2 heterocycles. The lowest BCUT2D eigenvalue weighted by molar-refractivity contribution is 0.476. The van der Waals surface area contributed by atoms with E-state index in [4.69, 9.17) is 5.10 Å². The highest BCUT2D eigenvalue weighted by Gasteiger charge is 2.37. The molecule has 0 spiro atoms. The van der Waals surface area contributed by atoms with E-state index < -0.39 is 0 Å². The summed E-state index contributed by atoms with van der Waals surface area (Å²) in [7, 11) is 0. The van der Waals surface area contributed by atoms with Crippen LogP contribution in [0.1, 0.15) is 48.5 Å². The van der Waals surface area contributed by atoms with Crippen LogP contribution >= 0.6 is 0 Å². The third kappa shape index (κ3) is 1.84. The smallest absolute Gasteiger partial charge is 0.125 e. The average Bonchev–Trinajstić information content (AvgIpc) is 3.02. The van der Waals surface area contributed by atoms with Crippen molar-refractivity contribution < 1.29 is 0 Å². The molecule has 2 aromatic rings. The molecule has 104 valence electrons. The number of nitrogens with zero attached hydrogens (tertiary/aromatic N) is 2. The van der Waals surface area contributed by atoms with Crippen LogP contribution in [0.15, 0.2) is 30.3 Å². The predicted molar refractivity (Wildman–Crippen MR) is 81.2 cm³/mol. The van der Waals surface area contributed by atoms with Gasteiger partial charge in [0.1, 0.15) is 5.82 Å². The van der Waals surface area contributed by atoms with E-state index in [0.29, 0.717) is 12.0 Å². The Morgan fingerprint density at radius 1 is 1.30 bits per heavy atom. The zero-order valence-electron chi connectivity index (χ0n) is 12.1. The minimum atomic E-state index is 0.384. The van der Waals surface area contributed by atoms with Crippen LogP contribution in [0, 0.1) is 12.8 Å². The van der Waals surface area contributed by atoms with Crippen molar-refractivity contribution in [3.05, 3.63) is 47.2 Å². The van der Waals surface area contributed by atoms with Gasteiger partial charge in [-0.05, 0) is 36.8 Å². The quantitative estimate of drug-likeness (QED) is 0.898. The standard InChI is InChI=1S/C17H21N3/c1-11-5-3-4-6-13(11)16-7-8-18-17-10-15(19-20(16)17)14-9-12(14)2/h3-6,10,12,14,16,18H,7-9H2,1-2H3. The van der Waals surface area contributed by atoms with Crippen molar-refractivity contribution in [1.82, 2.24) is 9.78 Å². The summed E-state index contributed by atoms with van der Waals surface area (Å²) in [5.41, 5.74) is 4.05. The molecule has 0 radical (unpaired) electrons. The van der Waals surface area contributed by atoms with Crippen molar-refractivity contribution in [3.8, 4) is 0 Å². The molecule has 1 aliphatic heterocycles. The molecule has 1 aromatic carbocycles. The van der Waals surface area contributed by atoms with Gasteiger partial charge in [-0.3, -0.25) is 0 Å². The van der Waals surface area contributed by atoms with Crippen LogP contribution < -0.4 is 5.32 Å². The van der Waals surface area contributed by atoms with Gasteiger partial charge in [-0.2, -0.15) is 5.10 Å². The molecule has 1 aliphatic carbocycles. The molecule has 3 atom stereocenters. The maximum atomic E-state index is 4.92. The number of aromatic nitrogens is 2. The number of fused-ring (bicyclic) bond motifs is 1. The van der Waals surface area contributed by atoms with E-state index in [9.17, 15) is 0 Å². The lowest BCUT2D eigenvalue weighted by Gasteiger charge is -2.27. The second-order valence-electron chi connectivity index (χ2n) is 6.31. The van der Waals surface area contributed by atoms with Gasteiger partial charge in [0.25, 0.3) is 0 Å². The van der Waals surface area contributed by atoms with E-state index in [1.807, 2.05) is 0 Å². The van der Waals surface area contributed by atoms with E-state index in [2.05, 4.69) is 54.2 Å². The first-order valence-electron chi connectivity index (χ1n) is 7.63. The molecule has 3 unspecified atom stereocenters. The lowest BCUT2D eigenvalue weighted by Crippen LogP contribution is -2.24. The summed E-state index contributed by atoms with van der Waals surface area (Å²) >= 11 is 0. The van der Waals surface area contributed by atoms with Gasteiger partial charge >= 0.3 is 0 Å². The molecule has 2 aliphatic rings. The Balaban J connectivity index is 1.74. The first-order valence-corrected chi connectivity index (χ1v) is 7.63. The van der Waals surface area contributed by atoms with E-state index in [1.54, 1.807) is 0 Å². The second kappa shape index (κ2) is 4.37. The Morgan fingerprint density at radius 2 is 2.10 bits per heavy atom. The van der Waals surface area contributed by atoms with E-state index in [1.165, 1.54) is 29.1 Å². The molecule has 1 fully saturated rings. The van der Waals surface area contributed by atoms with Gasteiger partial charge in [0.15, 0.2) is 0 Å². The topological polar surface area (TPSA) is 29.9 Å². The van der Waals surface area contributed by atoms with Crippen molar-refractivity contribution in [2.75, 3.05) is 11.9 Å². The van der Waals surface area contributed by atoms with Gasteiger partial charge in [-0.15, -0.1) is 0 Å². The third-order valence-electron chi connectivity index (χ3n) is 4.81. The van der Waals surface area contributed by atoms with Crippen LogP contribution in [-0.4, -0.2) is 16.3 Å². The van der Waals surface area contributed by atoms with Crippen molar-refractivity contribution in [3.63, 3.8) is 0 Å². The maximum Gasteiger partial charge on any atom is 0.125 e. The van der Waals surface area contributed by atoms with Crippen molar-refractivity contribution >= 4 is 5.82 Å². The average molecular weight is 267 g/mol. The number of aryl methyl sites for hydroxylation is 1. The Hall–Kier alpha value is -1.77. The molecule has 20 heavy (non-hydrogen) atoms. The Bertz CT molecular complexity index is 643. The lowest BCUT2D eigenvalue weighted by atomic mass is 9.98. The molecular formula is C17H21N3. The number of rotatable bonds is 2. The number of nitrogens with one attached hydrogen (secondary N) is 1. The monoisotopic (exact) mass is 267 g/mol. The van der Waals surface area contributed by atoms with Gasteiger partial charge < -0.3 is 5.32 Å². The molecule has 3 nitrogen and oxygen atoms in total. The highest BCUT2D eigenvalue weighted by atomic mass is 15.4. The van der Waals surface area contributed by atoms with Crippen molar-refractivity contribution in [2.45, 2.75) is 38.6 Å². The fraction of sp³-hybridized carbons (Fsp3) is 0.471. The van der Waals surface area contributed by atoms with Gasteiger partial charge in [0.2, 0.25) is 0 Å². The zero-order chi connectivity index (χ0) is 13.7. The number of anilines is 1. The fourth-order valence-electron chi connectivity index (χ4n) is 3.41. The van der Waals surface area contributed by atoms with Crippen LogP contribution in [0.3, 0.4) is 0 Å².